The second-order valence-electron chi connectivity index (χ2n) is 1.53. The van der Waals surface area contributed by atoms with Gasteiger partial charge in [0, 0.05) is 5.92 Å². The van der Waals surface area contributed by atoms with Gasteiger partial charge in [-0.3, -0.25) is 9.68 Å². The van der Waals surface area contributed by atoms with Crippen LogP contribution in [0.5, 0.6) is 0 Å². The first-order chi connectivity index (χ1) is 5.72. The summed E-state index contributed by atoms with van der Waals surface area (Å²) in [5, 5.41) is 7.68. The Morgan fingerprint density at radius 3 is 2.12 bits per heavy atom. The van der Waals surface area contributed by atoms with Crippen LogP contribution >= 0.6 is 0 Å². The second kappa shape index (κ2) is 18.9. The summed E-state index contributed by atoms with van der Waals surface area (Å²) in [5.74, 6) is -0.532. The van der Waals surface area contributed by atoms with Crippen LogP contribution in [0.2, 0.25) is 0 Å². The summed E-state index contributed by atoms with van der Waals surface area (Å²) in [6.45, 7) is 3.20. The van der Waals surface area contributed by atoms with Gasteiger partial charge in [0.05, 0.1) is 0 Å². The van der Waals surface area contributed by atoms with Crippen LogP contribution in [-0.2, 0) is 19.2 Å². The minimum absolute atomic E-state index is 0. The topological polar surface area (TPSA) is 72.8 Å². The molecular formula is C11H22O5. The van der Waals surface area contributed by atoms with Crippen molar-refractivity contribution in [3.8, 4) is 12.0 Å². The maximum Gasteiger partial charge on any atom is 0.388 e. The summed E-state index contributed by atoms with van der Waals surface area (Å²) >= 11 is 0. The second-order valence-corrected chi connectivity index (χ2v) is 1.53. The Hall–Kier alpha value is -1.80. The van der Waals surface area contributed by atoms with Crippen LogP contribution in [0.25, 0.3) is 0 Å². The molecule has 0 amide bonds. The fourth-order valence-electron chi connectivity index (χ4n) is 0.320. The lowest BCUT2D eigenvalue weighted by Gasteiger charge is -1.93. The molecule has 0 bridgehead atoms. The number of rotatable bonds is 3. The van der Waals surface area contributed by atoms with Crippen molar-refractivity contribution >= 4 is 11.8 Å². The first-order valence-corrected chi connectivity index (χ1v) is 2.85. The average Bonchev–Trinajstić information content (AvgIpc) is 2.10. The van der Waals surface area contributed by atoms with E-state index in [4.69, 9.17) is 5.26 Å². The molecule has 0 aromatic rings. The van der Waals surface area contributed by atoms with Crippen molar-refractivity contribution < 1.29 is 24.5 Å². The number of Topliss-reactive ketones (excluding diaryl/α,β-unsaturated/α-hetero) is 1. The maximum absolute atomic E-state index is 10.5. The quantitative estimate of drug-likeness (QED) is 0.202. The van der Waals surface area contributed by atoms with E-state index in [1.54, 1.807) is 5.92 Å². The highest BCUT2D eigenvalue weighted by molar-refractivity contribution is 6.40. The van der Waals surface area contributed by atoms with Crippen molar-refractivity contribution in [2.24, 2.45) is 0 Å². The molecule has 0 heterocycles. The monoisotopic (exact) mass is 234 g/mol. The number of esters is 1. The lowest BCUT2D eigenvalue weighted by Crippen LogP contribution is -2.15. The third kappa shape index (κ3) is 14.7. The van der Waals surface area contributed by atoms with Gasteiger partial charge in [-0.2, -0.15) is 5.26 Å². The maximum atomic E-state index is 10.5. The molecule has 0 radical (unpaired) electrons. The zero-order chi connectivity index (χ0) is 9.40. The van der Waals surface area contributed by atoms with Crippen LogP contribution in [0.4, 0.5) is 0 Å². The Labute approximate surface area is 98.0 Å². The van der Waals surface area contributed by atoms with E-state index in [2.05, 4.69) is 16.2 Å². The van der Waals surface area contributed by atoms with Crippen molar-refractivity contribution in [3.05, 3.63) is 12.7 Å². The highest BCUT2D eigenvalue weighted by Gasteiger charge is 2.11. The molecular weight excluding hydrogens is 212 g/mol. The van der Waals surface area contributed by atoms with E-state index in [0.717, 1.165) is 0 Å². The molecule has 0 aromatic heterocycles. The van der Waals surface area contributed by atoms with Gasteiger partial charge in [-0.05, 0) is 0 Å². The smallest absolute Gasteiger partial charge is 0.388 e. The van der Waals surface area contributed by atoms with Gasteiger partial charge in [-0.15, -0.1) is 0 Å². The van der Waals surface area contributed by atoms with Gasteiger partial charge in [0.25, 0.3) is 0 Å². The van der Waals surface area contributed by atoms with Crippen LogP contribution in [0.3, 0.4) is 0 Å². The van der Waals surface area contributed by atoms with Gasteiger partial charge in [-0.25, -0.2) is 4.79 Å². The van der Waals surface area contributed by atoms with E-state index in [-0.39, 0.29) is 36.3 Å². The van der Waals surface area contributed by atoms with Gasteiger partial charge >= 0.3 is 11.8 Å². The molecule has 0 saturated carbocycles. The lowest BCUT2D eigenvalue weighted by molar-refractivity contribution is -0.172. The van der Waals surface area contributed by atoms with E-state index in [0.29, 0.717) is 0 Å². The third-order valence-corrected chi connectivity index (χ3v) is 0.728. The Bertz CT molecular complexity index is 247. The molecule has 0 aliphatic heterocycles. The normalized spacial score (nSPS) is 5.56. The fourth-order valence-corrected chi connectivity index (χ4v) is 0.320. The molecule has 0 fully saturated rings. The minimum Gasteiger partial charge on any atom is -0.455 e. The van der Waals surface area contributed by atoms with Crippen LogP contribution in [0.15, 0.2) is 12.7 Å². The van der Waals surface area contributed by atoms with Gasteiger partial charge in [0.2, 0.25) is 0 Å². The number of ether oxygens (including phenoxy) is 1. The van der Waals surface area contributed by atoms with Crippen molar-refractivity contribution in [1.82, 2.24) is 0 Å². The molecule has 0 rings (SSSR count). The summed E-state index contributed by atoms with van der Waals surface area (Å²) in [4.78, 5) is 24.3. The van der Waals surface area contributed by atoms with Crippen LogP contribution in [0, 0.1) is 12.0 Å². The van der Waals surface area contributed by atoms with E-state index < -0.39 is 11.8 Å². The number of carbonyl (C=O) groups excluding carboxylic acids is 2. The molecule has 0 spiro atoms. The predicted octanol–water partition coefficient (Wildman–Crippen LogP) is 2.28. The molecule has 5 nitrogen and oxygen atoms in total. The Kier molecular flexibility index (Phi) is 34.5. The molecule has 0 aliphatic carbocycles. The average molecular weight is 234 g/mol. The molecule has 96 valence electrons. The van der Waals surface area contributed by atoms with Gasteiger partial charge in [0.15, 0.2) is 6.11 Å². The molecule has 16 heavy (non-hydrogen) atoms. The SMILES string of the molecule is C.C.C.C.C=CCOC(=O)C(=O)C#COO. The Balaban J connectivity index is -0.000000101. The van der Waals surface area contributed by atoms with Gasteiger partial charge < -0.3 is 4.74 Å². The zero-order valence-electron chi connectivity index (χ0n) is 6.07. The first-order valence-electron chi connectivity index (χ1n) is 2.85. The van der Waals surface area contributed by atoms with Crippen molar-refractivity contribution in [2.45, 2.75) is 29.7 Å². The van der Waals surface area contributed by atoms with E-state index in [9.17, 15) is 9.59 Å². The Morgan fingerprint density at radius 2 is 1.75 bits per heavy atom. The third-order valence-electron chi connectivity index (χ3n) is 0.728. The molecule has 0 atom stereocenters. The largest absolute Gasteiger partial charge is 0.455 e. The molecule has 0 unspecified atom stereocenters. The van der Waals surface area contributed by atoms with Crippen LogP contribution in [0.1, 0.15) is 29.7 Å². The molecule has 0 saturated heterocycles. The summed E-state index contributed by atoms with van der Waals surface area (Å²) in [5.41, 5.74) is 0. The molecule has 0 aliphatic rings. The summed E-state index contributed by atoms with van der Waals surface area (Å²) in [6, 6.07) is 0. The molecule has 5 heteroatoms. The minimum atomic E-state index is -1.11. The highest BCUT2D eigenvalue weighted by Crippen LogP contribution is 1.80. The standard InChI is InChI=1S/C7H6O5.4CH4/c1-2-4-11-7(9)6(8)3-5-12-10;;;;/h2,10H,1,4H2;4*1H4. The van der Waals surface area contributed by atoms with Crippen molar-refractivity contribution in [1.29, 1.82) is 0 Å². The van der Waals surface area contributed by atoms with E-state index >= 15 is 0 Å². The van der Waals surface area contributed by atoms with Gasteiger partial charge in [-0.1, -0.05) is 42.4 Å². The molecule has 1 N–H and O–H groups in total. The van der Waals surface area contributed by atoms with Crippen LogP contribution < -0.4 is 0 Å². The number of hydrogen-bond donors (Lipinski definition) is 1. The van der Waals surface area contributed by atoms with E-state index in [1.165, 1.54) is 12.2 Å². The number of carbonyl (C=O) groups is 2. The van der Waals surface area contributed by atoms with Crippen molar-refractivity contribution in [3.63, 3.8) is 0 Å². The fraction of sp³-hybridized carbons (Fsp3) is 0.455. The van der Waals surface area contributed by atoms with Gasteiger partial charge in [0.1, 0.15) is 6.61 Å². The zero-order valence-corrected chi connectivity index (χ0v) is 6.07. The number of ketones is 1. The summed E-state index contributed by atoms with van der Waals surface area (Å²) < 4.78 is 4.30. The Morgan fingerprint density at radius 1 is 1.25 bits per heavy atom. The highest BCUT2D eigenvalue weighted by atomic mass is 17.1. The lowest BCUT2D eigenvalue weighted by atomic mass is 10.4. The van der Waals surface area contributed by atoms with E-state index in [1.807, 2.05) is 0 Å². The summed E-state index contributed by atoms with van der Waals surface area (Å²) in [7, 11) is 0. The molecule has 0 aromatic carbocycles. The van der Waals surface area contributed by atoms with Crippen LogP contribution in [-0.4, -0.2) is 23.6 Å². The first kappa shape index (κ1) is 29.2. The number of hydrogen-bond acceptors (Lipinski definition) is 5. The predicted molar refractivity (Wildman–Crippen MR) is 64.6 cm³/mol. The van der Waals surface area contributed by atoms with Crippen molar-refractivity contribution in [2.75, 3.05) is 6.61 Å². The summed E-state index contributed by atoms with van der Waals surface area (Å²) in [6.07, 6.45) is 2.84.